The third-order valence-corrected chi connectivity index (χ3v) is 6.22. The Balaban J connectivity index is 1.33. The van der Waals surface area contributed by atoms with Crippen LogP contribution in [0.1, 0.15) is 41.5 Å². The van der Waals surface area contributed by atoms with E-state index < -0.39 is 5.82 Å². The average molecular weight is 436 g/mol. The predicted molar refractivity (Wildman–Crippen MR) is 133 cm³/mol. The van der Waals surface area contributed by atoms with Crippen LogP contribution in [-0.2, 0) is 12.8 Å². The van der Waals surface area contributed by atoms with Crippen molar-refractivity contribution >= 4 is 29.1 Å². The maximum atomic E-state index is 14.2. The molecule has 0 N–H and O–H groups in total. The van der Waals surface area contributed by atoms with Gasteiger partial charge in [-0.25, -0.2) is 4.39 Å². The fourth-order valence-corrected chi connectivity index (χ4v) is 4.23. The lowest BCUT2D eigenvalue weighted by atomic mass is 9.89. The first kappa shape index (κ1) is 20.6. The SMILES string of the molecule is Fc1cc(-c2ccc3c(c2)CCC(C#Cc2ccc(CC4CC4)cc2)=C3)ccc1N=C=S. The van der Waals surface area contributed by atoms with E-state index in [1.54, 1.807) is 6.07 Å². The van der Waals surface area contributed by atoms with Crippen LogP contribution < -0.4 is 0 Å². The highest BCUT2D eigenvalue weighted by molar-refractivity contribution is 7.78. The van der Waals surface area contributed by atoms with Crippen molar-refractivity contribution in [3.8, 4) is 23.0 Å². The van der Waals surface area contributed by atoms with Gasteiger partial charge in [0.1, 0.15) is 11.5 Å². The zero-order chi connectivity index (χ0) is 21.9. The fraction of sp³-hybridized carbons (Fsp3) is 0.207. The van der Waals surface area contributed by atoms with Crippen LogP contribution >= 0.6 is 12.2 Å². The molecule has 2 aliphatic carbocycles. The number of hydrogen-bond donors (Lipinski definition) is 0. The molecule has 0 spiro atoms. The first-order valence-corrected chi connectivity index (χ1v) is 11.4. The van der Waals surface area contributed by atoms with E-state index in [-0.39, 0.29) is 5.69 Å². The zero-order valence-corrected chi connectivity index (χ0v) is 18.5. The minimum atomic E-state index is -0.393. The van der Waals surface area contributed by atoms with Crippen LogP contribution in [0, 0.1) is 23.6 Å². The Hall–Kier alpha value is -3.31. The summed E-state index contributed by atoms with van der Waals surface area (Å²) < 4.78 is 14.2. The van der Waals surface area contributed by atoms with Gasteiger partial charge in [-0.2, -0.15) is 4.99 Å². The topological polar surface area (TPSA) is 12.4 Å². The summed E-state index contributed by atoms with van der Waals surface area (Å²) in [7, 11) is 0. The molecule has 5 rings (SSSR count). The first-order valence-electron chi connectivity index (χ1n) is 11.0. The zero-order valence-electron chi connectivity index (χ0n) is 17.7. The smallest absolute Gasteiger partial charge is 0.150 e. The number of isothiocyanates is 1. The number of allylic oxidation sites excluding steroid dienone is 1. The second-order valence-electron chi connectivity index (χ2n) is 8.55. The number of aryl methyl sites for hydroxylation is 1. The summed E-state index contributed by atoms with van der Waals surface area (Å²) in [6.45, 7) is 0. The van der Waals surface area contributed by atoms with Gasteiger partial charge in [0.25, 0.3) is 0 Å². The van der Waals surface area contributed by atoms with Crippen LogP contribution in [0.15, 0.2) is 71.2 Å². The van der Waals surface area contributed by atoms with Crippen molar-refractivity contribution in [3.63, 3.8) is 0 Å². The Labute approximate surface area is 193 Å². The molecule has 1 saturated carbocycles. The molecule has 3 aromatic rings. The molecule has 0 unspecified atom stereocenters. The van der Waals surface area contributed by atoms with Gasteiger partial charge in [0.2, 0.25) is 0 Å². The molecule has 1 fully saturated rings. The highest BCUT2D eigenvalue weighted by Gasteiger charge is 2.21. The number of aliphatic imine (C=N–C) groups is 1. The van der Waals surface area contributed by atoms with Crippen molar-refractivity contribution in [3.05, 3.63) is 94.3 Å². The highest BCUT2D eigenvalue weighted by atomic mass is 32.1. The quantitative estimate of drug-likeness (QED) is 0.234. The normalized spacial score (nSPS) is 14.5. The summed E-state index contributed by atoms with van der Waals surface area (Å²) in [4.78, 5) is 3.75. The maximum Gasteiger partial charge on any atom is 0.150 e. The van der Waals surface area contributed by atoms with Gasteiger partial charge >= 0.3 is 0 Å². The van der Waals surface area contributed by atoms with Crippen LogP contribution in [-0.4, -0.2) is 5.16 Å². The van der Waals surface area contributed by atoms with Crippen LogP contribution in [0.3, 0.4) is 0 Å². The molecule has 3 heteroatoms. The van der Waals surface area contributed by atoms with Crippen molar-refractivity contribution in [1.82, 2.24) is 0 Å². The predicted octanol–water partition coefficient (Wildman–Crippen LogP) is 7.56. The lowest BCUT2D eigenvalue weighted by Gasteiger charge is -2.15. The van der Waals surface area contributed by atoms with E-state index in [0.29, 0.717) is 0 Å². The molecule has 0 aromatic heterocycles. The van der Waals surface area contributed by atoms with Gasteiger partial charge < -0.3 is 0 Å². The minimum Gasteiger partial charge on any atom is -0.205 e. The van der Waals surface area contributed by atoms with Crippen molar-refractivity contribution < 1.29 is 4.39 Å². The number of halogens is 1. The molecule has 0 atom stereocenters. The second-order valence-corrected chi connectivity index (χ2v) is 8.73. The number of rotatable bonds is 4. The molecule has 0 radical (unpaired) electrons. The Morgan fingerprint density at radius 3 is 2.44 bits per heavy atom. The van der Waals surface area contributed by atoms with E-state index >= 15 is 0 Å². The van der Waals surface area contributed by atoms with E-state index in [0.717, 1.165) is 41.0 Å². The summed E-state index contributed by atoms with van der Waals surface area (Å²) in [6, 6.07) is 20.0. The second kappa shape index (κ2) is 9.05. The maximum absolute atomic E-state index is 14.2. The van der Waals surface area contributed by atoms with Crippen LogP contribution in [0.4, 0.5) is 10.1 Å². The van der Waals surface area contributed by atoms with E-state index in [4.69, 9.17) is 0 Å². The van der Waals surface area contributed by atoms with Crippen molar-refractivity contribution in [2.75, 3.05) is 0 Å². The number of fused-ring (bicyclic) bond motifs is 1. The number of hydrogen-bond acceptors (Lipinski definition) is 2. The molecular weight excluding hydrogens is 413 g/mol. The molecule has 0 bridgehead atoms. The van der Waals surface area contributed by atoms with E-state index in [2.05, 4.69) is 76.7 Å². The molecule has 1 nitrogen and oxygen atoms in total. The molecule has 0 amide bonds. The number of thiocarbonyl (C=S) groups is 1. The minimum absolute atomic E-state index is 0.213. The molecule has 0 saturated heterocycles. The standard InChI is InChI=1S/C29H22FNS/c30-28-18-27(13-14-29(28)31-19-32)26-12-11-24-16-23(9-10-25(24)17-26)6-3-20-1-4-21(5-2-20)15-22-7-8-22/h1-2,4-5,11-14,16-18,22H,7-10,15H2. The Bertz CT molecular complexity index is 1310. The third-order valence-electron chi connectivity index (χ3n) is 6.13. The van der Waals surface area contributed by atoms with Gasteiger partial charge in [0.15, 0.2) is 0 Å². The summed E-state index contributed by atoms with van der Waals surface area (Å²) in [5.74, 6) is 7.19. The summed E-state index contributed by atoms with van der Waals surface area (Å²) in [6.07, 6.45) is 7.99. The number of nitrogens with zero attached hydrogens (tertiary/aromatic N) is 1. The van der Waals surface area contributed by atoms with Crippen LogP contribution in [0.25, 0.3) is 17.2 Å². The van der Waals surface area contributed by atoms with Gasteiger partial charge in [-0.05, 0) is 108 Å². The summed E-state index contributed by atoms with van der Waals surface area (Å²) >= 11 is 4.57. The lowest BCUT2D eigenvalue weighted by molar-refractivity contribution is 0.630. The largest absolute Gasteiger partial charge is 0.205 e. The molecule has 0 aliphatic heterocycles. The molecular formula is C29H22FNS. The lowest BCUT2D eigenvalue weighted by Crippen LogP contribution is -1.99. The molecule has 32 heavy (non-hydrogen) atoms. The third kappa shape index (κ3) is 4.78. The van der Waals surface area contributed by atoms with Crippen molar-refractivity contribution in [1.29, 1.82) is 0 Å². The molecule has 0 heterocycles. The van der Waals surface area contributed by atoms with E-state index in [1.807, 2.05) is 12.1 Å². The Morgan fingerprint density at radius 1 is 0.906 bits per heavy atom. The first-order chi connectivity index (χ1) is 15.7. The van der Waals surface area contributed by atoms with Gasteiger partial charge in [-0.1, -0.05) is 48.2 Å². The van der Waals surface area contributed by atoms with Crippen LogP contribution in [0.5, 0.6) is 0 Å². The Morgan fingerprint density at radius 2 is 1.69 bits per heavy atom. The van der Waals surface area contributed by atoms with Crippen molar-refractivity contribution in [2.45, 2.75) is 32.1 Å². The molecule has 156 valence electrons. The average Bonchev–Trinajstić information content (AvgIpc) is 3.64. The monoisotopic (exact) mass is 435 g/mol. The van der Waals surface area contributed by atoms with E-state index in [1.165, 1.54) is 42.0 Å². The number of benzene rings is 3. The molecule has 3 aromatic carbocycles. The van der Waals surface area contributed by atoms with E-state index in [9.17, 15) is 4.39 Å². The summed E-state index contributed by atoms with van der Waals surface area (Å²) in [5, 5.41) is 2.21. The Kier molecular flexibility index (Phi) is 5.82. The van der Waals surface area contributed by atoms with Gasteiger partial charge in [-0.3, -0.25) is 0 Å². The van der Waals surface area contributed by atoms with Crippen LogP contribution in [0.2, 0.25) is 0 Å². The van der Waals surface area contributed by atoms with Gasteiger partial charge in [-0.15, -0.1) is 0 Å². The highest BCUT2D eigenvalue weighted by Crippen LogP contribution is 2.33. The fourth-order valence-electron chi connectivity index (χ4n) is 4.13. The van der Waals surface area contributed by atoms with Gasteiger partial charge in [0, 0.05) is 11.1 Å². The van der Waals surface area contributed by atoms with Crippen molar-refractivity contribution in [2.24, 2.45) is 10.9 Å². The molecule has 2 aliphatic rings. The summed E-state index contributed by atoms with van der Waals surface area (Å²) in [5.41, 5.74) is 8.12. The van der Waals surface area contributed by atoms with Gasteiger partial charge in [0.05, 0.1) is 5.16 Å².